The van der Waals surface area contributed by atoms with Crippen LogP contribution in [-0.2, 0) is 0 Å². The molecule has 0 heterocycles. The van der Waals surface area contributed by atoms with Gasteiger partial charge in [0, 0.05) is 5.25 Å². The second-order valence-electron chi connectivity index (χ2n) is 4.69. The van der Waals surface area contributed by atoms with Gasteiger partial charge in [-0.2, -0.15) is 11.8 Å². The van der Waals surface area contributed by atoms with Crippen LogP contribution in [0.25, 0.3) is 0 Å². The highest BCUT2D eigenvalue weighted by atomic mass is 32.2. The zero-order valence-corrected chi connectivity index (χ0v) is 9.70. The highest BCUT2D eigenvalue weighted by Crippen LogP contribution is 2.29. The summed E-state index contributed by atoms with van der Waals surface area (Å²) >= 11 is 2.06. The van der Waals surface area contributed by atoms with E-state index in [9.17, 15) is 5.11 Å². The molecule has 1 aliphatic rings. The number of thioether (sulfide) groups is 1. The Hall–Kier alpha value is 0.310. The summed E-state index contributed by atoms with van der Waals surface area (Å²) in [6, 6.07) is 0. The Morgan fingerprint density at radius 1 is 1.23 bits per heavy atom. The fraction of sp³-hybridized carbons (Fsp3) is 1.00. The van der Waals surface area contributed by atoms with Crippen LogP contribution in [0.15, 0.2) is 0 Å². The standard InChI is InChI=1S/C11H22OS/c1-11(2,12)8-9-13-10-6-4-3-5-7-10/h10,12H,3-9H2,1-2H3. The van der Waals surface area contributed by atoms with E-state index in [1.54, 1.807) is 0 Å². The van der Waals surface area contributed by atoms with Gasteiger partial charge in [-0.1, -0.05) is 19.3 Å². The van der Waals surface area contributed by atoms with Crippen LogP contribution >= 0.6 is 11.8 Å². The Morgan fingerprint density at radius 2 is 1.85 bits per heavy atom. The number of aliphatic hydroxyl groups is 1. The van der Waals surface area contributed by atoms with Crippen molar-refractivity contribution in [1.82, 2.24) is 0 Å². The minimum atomic E-state index is -0.471. The van der Waals surface area contributed by atoms with E-state index in [2.05, 4.69) is 11.8 Å². The molecule has 1 saturated carbocycles. The van der Waals surface area contributed by atoms with Gasteiger partial charge < -0.3 is 5.11 Å². The van der Waals surface area contributed by atoms with Crippen molar-refractivity contribution in [2.24, 2.45) is 0 Å². The summed E-state index contributed by atoms with van der Waals surface area (Å²) in [5.41, 5.74) is -0.471. The minimum absolute atomic E-state index is 0.471. The highest BCUT2D eigenvalue weighted by Gasteiger charge is 2.16. The van der Waals surface area contributed by atoms with Crippen LogP contribution in [0.3, 0.4) is 0 Å². The first-order valence-electron chi connectivity index (χ1n) is 5.42. The molecule has 0 amide bonds. The molecule has 1 nitrogen and oxygen atoms in total. The summed E-state index contributed by atoms with van der Waals surface area (Å²) in [6.45, 7) is 3.79. The lowest BCUT2D eigenvalue weighted by atomic mass is 10.0. The Balaban J connectivity index is 2.04. The van der Waals surface area contributed by atoms with Gasteiger partial charge in [-0.3, -0.25) is 0 Å². The topological polar surface area (TPSA) is 20.2 Å². The Kier molecular flexibility index (Phi) is 4.60. The van der Waals surface area contributed by atoms with Crippen molar-refractivity contribution < 1.29 is 5.11 Å². The first-order chi connectivity index (χ1) is 6.08. The van der Waals surface area contributed by atoms with E-state index in [4.69, 9.17) is 0 Å². The molecular formula is C11H22OS. The van der Waals surface area contributed by atoms with E-state index in [1.165, 1.54) is 32.1 Å². The average Bonchev–Trinajstić information content (AvgIpc) is 2.04. The summed E-state index contributed by atoms with van der Waals surface area (Å²) in [5, 5.41) is 10.4. The van der Waals surface area contributed by atoms with Gasteiger partial charge >= 0.3 is 0 Å². The first kappa shape index (κ1) is 11.4. The van der Waals surface area contributed by atoms with Crippen molar-refractivity contribution in [3.05, 3.63) is 0 Å². The van der Waals surface area contributed by atoms with Crippen LogP contribution in [0.4, 0.5) is 0 Å². The third-order valence-electron chi connectivity index (χ3n) is 2.62. The van der Waals surface area contributed by atoms with E-state index in [1.807, 2.05) is 13.8 Å². The molecule has 13 heavy (non-hydrogen) atoms. The van der Waals surface area contributed by atoms with E-state index in [0.29, 0.717) is 0 Å². The molecule has 0 spiro atoms. The zero-order valence-electron chi connectivity index (χ0n) is 8.88. The SMILES string of the molecule is CC(C)(O)CCSC1CCCCC1. The molecule has 1 rings (SSSR count). The van der Waals surface area contributed by atoms with Gasteiger partial charge in [0.2, 0.25) is 0 Å². The predicted molar refractivity (Wildman–Crippen MR) is 60.2 cm³/mol. The Labute approximate surface area is 86.3 Å². The third-order valence-corrected chi connectivity index (χ3v) is 4.00. The van der Waals surface area contributed by atoms with Crippen LogP contribution in [0.1, 0.15) is 52.4 Å². The average molecular weight is 202 g/mol. The maximum absolute atomic E-state index is 9.53. The molecule has 0 atom stereocenters. The monoisotopic (exact) mass is 202 g/mol. The third kappa shape index (κ3) is 5.58. The fourth-order valence-electron chi connectivity index (χ4n) is 1.71. The lowest BCUT2D eigenvalue weighted by Gasteiger charge is -2.23. The number of hydrogen-bond donors (Lipinski definition) is 1. The lowest BCUT2D eigenvalue weighted by molar-refractivity contribution is 0.0777. The van der Waals surface area contributed by atoms with Gasteiger partial charge in [0.15, 0.2) is 0 Å². The number of rotatable bonds is 4. The largest absolute Gasteiger partial charge is 0.390 e. The van der Waals surface area contributed by atoms with Gasteiger partial charge in [-0.25, -0.2) is 0 Å². The molecule has 0 aliphatic heterocycles. The summed E-state index contributed by atoms with van der Waals surface area (Å²) in [6.07, 6.45) is 7.99. The van der Waals surface area contributed by atoms with Crippen LogP contribution in [0, 0.1) is 0 Å². The Morgan fingerprint density at radius 3 is 2.38 bits per heavy atom. The lowest BCUT2D eigenvalue weighted by Crippen LogP contribution is -2.20. The quantitative estimate of drug-likeness (QED) is 0.755. The summed E-state index contributed by atoms with van der Waals surface area (Å²) in [4.78, 5) is 0. The van der Waals surface area contributed by atoms with Crippen molar-refractivity contribution in [3.63, 3.8) is 0 Å². The normalized spacial score (nSPS) is 20.5. The van der Waals surface area contributed by atoms with Crippen LogP contribution in [0.5, 0.6) is 0 Å². The van der Waals surface area contributed by atoms with Gasteiger partial charge in [0.05, 0.1) is 5.60 Å². The van der Waals surface area contributed by atoms with Crippen molar-refractivity contribution in [2.45, 2.75) is 63.2 Å². The van der Waals surface area contributed by atoms with Gasteiger partial charge in [-0.15, -0.1) is 0 Å². The minimum Gasteiger partial charge on any atom is -0.390 e. The molecule has 0 aromatic carbocycles. The molecule has 1 aliphatic carbocycles. The van der Waals surface area contributed by atoms with Crippen molar-refractivity contribution in [3.8, 4) is 0 Å². The number of hydrogen-bond acceptors (Lipinski definition) is 2. The van der Waals surface area contributed by atoms with Gasteiger partial charge in [0.25, 0.3) is 0 Å². The van der Waals surface area contributed by atoms with Crippen molar-refractivity contribution >= 4 is 11.8 Å². The first-order valence-corrected chi connectivity index (χ1v) is 6.47. The smallest absolute Gasteiger partial charge is 0.0599 e. The maximum atomic E-state index is 9.53. The molecule has 0 aromatic heterocycles. The van der Waals surface area contributed by atoms with Crippen LogP contribution in [0.2, 0.25) is 0 Å². The predicted octanol–water partition coefficient (Wildman–Crippen LogP) is 3.21. The summed E-state index contributed by atoms with van der Waals surface area (Å²) < 4.78 is 0. The molecule has 0 radical (unpaired) electrons. The van der Waals surface area contributed by atoms with Crippen LogP contribution in [-0.4, -0.2) is 21.7 Å². The fourth-order valence-corrected chi connectivity index (χ4v) is 3.32. The molecule has 0 bridgehead atoms. The Bertz CT molecular complexity index is 134. The molecular weight excluding hydrogens is 180 g/mol. The molecule has 78 valence electrons. The molecule has 2 heteroatoms. The van der Waals surface area contributed by atoms with Crippen molar-refractivity contribution in [2.75, 3.05) is 5.75 Å². The van der Waals surface area contributed by atoms with E-state index in [0.717, 1.165) is 17.4 Å². The molecule has 0 unspecified atom stereocenters. The van der Waals surface area contributed by atoms with E-state index in [-0.39, 0.29) is 0 Å². The zero-order chi connectivity index (χ0) is 9.73. The second-order valence-corrected chi connectivity index (χ2v) is 6.10. The van der Waals surface area contributed by atoms with Gasteiger partial charge in [-0.05, 0) is 38.9 Å². The van der Waals surface area contributed by atoms with E-state index < -0.39 is 5.60 Å². The van der Waals surface area contributed by atoms with E-state index >= 15 is 0 Å². The highest BCUT2D eigenvalue weighted by molar-refractivity contribution is 7.99. The molecule has 1 fully saturated rings. The second kappa shape index (κ2) is 5.26. The summed E-state index contributed by atoms with van der Waals surface area (Å²) in [5.74, 6) is 1.12. The maximum Gasteiger partial charge on any atom is 0.0599 e. The summed E-state index contributed by atoms with van der Waals surface area (Å²) in [7, 11) is 0. The van der Waals surface area contributed by atoms with Gasteiger partial charge in [0.1, 0.15) is 0 Å². The van der Waals surface area contributed by atoms with Crippen molar-refractivity contribution in [1.29, 1.82) is 0 Å². The molecule has 1 N–H and O–H groups in total. The molecule has 0 saturated heterocycles. The van der Waals surface area contributed by atoms with Crippen LogP contribution < -0.4 is 0 Å². The molecule has 0 aromatic rings.